The second-order valence-corrected chi connectivity index (χ2v) is 13.5. The topological polar surface area (TPSA) is 86.8 Å². The first-order valence-electron chi connectivity index (χ1n) is 14.2. The number of sulfonamides is 1. The SMILES string of the molecule is Cc1ccccc1N(CC(=O)N(Cc1cccc(Cl)c1)[C@@H](Cc1ccccc1)C(=O)NC(C)C)S(=O)(=O)c1ccc(Cl)cc1. The van der Waals surface area contributed by atoms with Gasteiger partial charge in [0.25, 0.3) is 10.0 Å². The molecule has 230 valence electrons. The first-order chi connectivity index (χ1) is 21.0. The molecule has 1 atom stereocenters. The summed E-state index contributed by atoms with van der Waals surface area (Å²) in [6, 6.07) is 28.1. The largest absolute Gasteiger partial charge is 0.352 e. The number of para-hydroxylation sites is 1. The predicted octanol–water partition coefficient (Wildman–Crippen LogP) is 6.66. The van der Waals surface area contributed by atoms with E-state index in [1.54, 1.807) is 49.4 Å². The van der Waals surface area contributed by atoms with Gasteiger partial charge in [-0.15, -0.1) is 0 Å². The number of hydrogen-bond acceptors (Lipinski definition) is 4. The first kappa shape index (κ1) is 33.1. The van der Waals surface area contributed by atoms with Gasteiger partial charge in [0.05, 0.1) is 10.6 Å². The van der Waals surface area contributed by atoms with Gasteiger partial charge in [-0.05, 0) is 79.9 Å². The van der Waals surface area contributed by atoms with E-state index in [9.17, 15) is 18.0 Å². The molecular weight excluding hydrogens is 617 g/mol. The number of halogens is 2. The van der Waals surface area contributed by atoms with Crippen LogP contribution in [0.4, 0.5) is 5.69 Å². The molecule has 0 saturated heterocycles. The summed E-state index contributed by atoms with van der Waals surface area (Å²) >= 11 is 12.3. The Labute approximate surface area is 269 Å². The second kappa shape index (κ2) is 14.8. The molecule has 2 amide bonds. The fraction of sp³-hybridized carbons (Fsp3) is 0.235. The Morgan fingerprint density at radius 3 is 2.07 bits per heavy atom. The summed E-state index contributed by atoms with van der Waals surface area (Å²) in [6.07, 6.45) is 0.222. The lowest BCUT2D eigenvalue weighted by atomic mass is 10.0. The van der Waals surface area contributed by atoms with Crippen LogP contribution in [0, 0.1) is 6.92 Å². The van der Waals surface area contributed by atoms with Gasteiger partial charge >= 0.3 is 0 Å². The quantitative estimate of drug-likeness (QED) is 0.186. The van der Waals surface area contributed by atoms with E-state index in [1.165, 1.54) is 29.2 Å². The van der Waals surface area contributed by atoms with Crippen molar-refractivity contribution in [3.05, 3.63) is 130 Å². The maximum Gasteiger partial charge on any atom is 0.264 e. The van der Waals surface area contributed by atoms with E-state index in [2.05, 4.69) is 5.32 Å². The van der Waals surface area contributed by atoms with E-state index in [-0.39, 0.29) is 29.8 Å². The standard InChI is InChI=1S/C34H35Cl2N3O4S/c1-24(2)37-34(41)32(21-26-11-5-4-6-12-26)38(22-27-13-9-14-29(36)20-27)33(40)23-39(31-15-8-7-10-25(31)3)44(42,43)30-18-16-28(35)17-19-30/h4-20,24,32H,21-23H2,1-3H3,(H,37,41)/t32-/m0/s1. The Morgan fingerprint density at radius 1 is 0.795 bits per heavy atom. The average molecular weight is 653 g/mol. The summed E-state index contributed by atoms with van der Waals surface area (Å²) in [5.41, 5.74) is 2.57. The molecule has 0 heterocycles. The van der Waals surface area contributed by atoms with Gasteiger partial charge < -0.3 is 10.2 Å². The number of amides is 2. The number of carbonyl (C=O) groups is 2. The molecule has 0 aliphatic heterocycles. The highest BCUT2D eigenvalue weighted by Crippen LogP contribution is 2.28. The number of hydrogen-bond donors (Lipinski definition) is 1. The minimum absolute atomic E-state index is 0.0160. The van der Waals surface area contributed by atoms with Crippen molar-refractivity contribution >= 4 is 50.7 Å². The Morgan fingerprint density at radius 2 is 1.43 bits per heavy atom. The zero-order chi connectivity index (χ0) is 31.9. The minimum Gasteiger partial charge on any atom is -0.352 e. The van der Waals surface area contributed by atoms with Crippen molar-refractivity contribution in [2.24, 2.45) is 0 Å². The highest BCUT2D eigenvalue weighted by molar-refractivity contribution is 7.92. The van der Waals surface area contributed by atoms with E-state index >= 15 is 0 Å². The molecule has 4 aromatic carbocycles. The molecule has 0 aliphatic rings. The molecule has 0 spiro atoms. The molecule has 7 nitrogen and oxygen atoms in total. The summed E-state index contributed by atoms with van der Waals surface area (Å²) in [4.78, 5) is 29.6. The smallest absolute Gasteiger partial charge is 0.264 e. The van der Waals surface area contributed by atoms with Gasteiger partial charge in [0.1, 0.15) is 12.6 Å². The second-order valence-electron chi connectivity index (χ2n) is 10.8. The molecule has 0 bridgehead atoms. The van der Waals surface area contributed by atoms with E-state index in [4.69, 9.17) is 23.2 Å². The molecule has 0 unspecified atom stereocenters. The molecule has 0 radical (unpaired) electrons. The van der Waals surface area contributed by atoms with Crippen LogP contribution >= 0.6 is 23.2 Å². The maximum atomic E-state index is 14.5. The van der Waals surface area contributed by atoms with Crippen LogP contribution in [-0.4, -0.2) is 43.8 Å². The van der Waals surface area contributed by atoms with Gasteiger partial charge in [0.2, 0.25) is 11.8 Å². The van der Waals surface area contributed by atoms with Crippen LogP contribution < -0.4 is 9.62 Å². The Bertz CT molecular complexity index is 1700. The van der Waals surface area contributed by atoms with Gasteiger partial charge in [0.15, 0.2) is 0 Å². The van der Waals surface area contributed by atoms with Gasteiger partial charge in [-0.25, -0.2) is 8.42 Å². The number of carbonyl (C=O) groups excluding carboxylic acids is 2. The lowest BCUT2D eigenvalue weighted by Crippen LogP contribution is -2.54. The summed E-state index contributed by atoms with van der Waals surface area (Å²) in [5, 5.41) is 3.81. The van der Waals surface area contributed by atoms with Crippen LogP contribution in [0.25, 0.3) is 0 Å². The molecule has 1 N–H and O–H groups in total. The number of rotatable bonds is 12. The van der Waals surface area contributed by atoms with Gasteiger partial charge in [0, 0.05) is 29.1 Å². The summed E-state index contributed by atoms with van der Waals surface area (Å²) in [5.74, 6) is -0.896. The number of anilines is 1. The summed E-state index contributed by atoms with van der Waals surface area (Å²) < 4.78 is 29.3. The molecule has 0 aliphatic carbocycles. The molecule has 4 aromatic rings. The van der Waals surface area contributed by atoms with Crippen LogP contribution in [0.2, 0.25) is 10.0 Å². The zero-order valence-electron chi connectivity index (χ0n) is 24.8. The highest BCUT2D eigenvalue weighted by atomic mass is 35.5. The van der Waals surface area contributed by atoms with E-state index in [0.717, 1.165) is 9.87 Å². The first-order valence-corrected chi connectivity index (χ1v) is 16.4. The molecule has 44 heavy (non-hydrogen) atoms. The van der Waals surface area contributed by atoms with Crippen molar-refractivity contribution in [3.8, 4) is 0 Å². The van der Waals surface area contributed by atoms with Crippen LogP contribution in [0.15, 0.2) is 108 Å². The fourth-order valence-corrected chi connectivity index (χ4v) is 6.67. The fourth-order valence-electron chi connectivity index (χ4n) is 4.86. The monoisotopic (exact) mass is 651 g/mol. The molecule has 0 aromatic heterocycles. The maximum absolute atomic E-state index is 14.5. The number of aryl methyl sites for hydroxylation is 1. The van der Waals surface area contributed by atoms with Gasteiger partial charge in [-0.3, -0.25) is 13.9 Å². The molecular formula is C34H35Cl2N3O4S. The van der Waals surface area contributed by atoms with Crippen molar-refractivity contribution in [1.82, 2.24) is 10.2 Å². The van der Waals surface area contributed by atoms with Crippen molar-refractivity contribution < 1.29 is 18.0 Å². The third kappa shape index (κ3) is 8.40. The van der Waals surface area contributed by atoms with Gasteiger partial charge in [-0.2, -0.15) is 0 Å². The Kier molecular flexibility index (Phi) is 11.1. The summed E-state index contributed by atoms with van der Waals surface area (Å²) in [6.45, 7) is 4.96. The highest BCUT2D eigenvalue weighted by Gasteiger charge is 2.35. The number of nitrogens with one attached hydrogen (secondary N) is 1. The third-order valence-corrected chi connectivity index (χ3v) is 9.27. The predicted molar refractivity (Wildman–Crippen MR) is 176 cm³/mol. The van der Waals surface area contributed by atoms with Crippen molar-refractivity contribution in [3.63, 3.8) is 0 Å². The van der Waals surface area contributed by atoms with E-state index in [1.807, 2.05) is 50.2 Å². The minimum atomic E-state index is -4.22. The van der Waals surface area contributed by atoms with Crippen molar-refractivity contribution in [2.75, 3.05) is 10.8 Å². The Balaban J connectivity index is 1.82. The van der Waals surface area contributed by atoms with Crippen LogP contribution in [0.3, 0.4) is 0 Å². The molecule has 0 fully saturated rings. The summed E-state index contributed by atoms with van der Waals surface area (Å²) in [7, 11) is -4.22. The molecule has 10 heteroatoms. The number of benzene rings is 4. The van der Waals surface area contributed by atoms with E-state index < -0.39 is 28.5 Å². The van der Waals surface area contributed by atoms with Crippen LogP contribution in [0.1, 0.15) is 30.5 Å². The van der Waals surface area contributed by atoms with Gasteiger partial charge in [-0.1, -0.05) is 83.9 Å². The normalized spacial score (nSPS) is 12.0. The van der Waals surface area contributed by atoms with Crippen LogP contribution in [0.5, 0.6) is 0 Å². The lowest BCUT2D eigenvalue weighted by Gasteiger charge is -2.34. The molecule has 4 rings (SSSR count). The lowest BCUT2D eigenvalue weighted by molar-refractivity contribution is -0.140. The average Bonchev–Trinajstić information content (AvgIpc) is 2.98. The van der Waals surface area contributed by atoms with Crippen molar-refractivity contribution in [2.45, 2.75) is 50.7 Å². The third-order valence-electron chi connectivity index (χ3n) is 7.01. The number of nitrogens with zero attached hydrogens (tertiary/aromatic N) is 2. The Hall–Kier alpha value is -3.85. The van der Waals surface area contributed by atoms with Crippen molar-refractivity contribution in [1.29, 1.82) is 0 Å². The zero-order valence-corrected chi connectivity index (χ0v) is 27.1. The molecule has 0 saturated carbocycles. The van der Waals surface area contributed by atoms with Crippen LogP contribution in [-0.2, 0) is 32.6 Å². The van der Waals surface area contributed by atoms with E-state index in [0.29, 0.717) is 26.9 Å².